The Hall–Kier alpha value is -1.28. The van der Waals surface area contributed by atoms with E-state index in [0.29, 0.717) is 12.2 Å². The highest BCUT2D eigenvalue weighted by Crippen LogP contribution is 2.06. The summed E-state index contributed by atoms with van der Waals surface area (Å²) >= 11 is 1.56. The molecular formula is C14H27N3O4S. The number of carbonyl (C=O) groups is 3. The van der Waals surface area contributed by atoms with Crippen molar-refractivity contribution < 1.29 is 19.1 Å². The molecule has 0 aromatic carbocycles. The van der Waals surface area contributed by atoms with Crippen molar-refractivity contribution in [3.05, 3.63) is 0 Å². The Kier molecular flexibility index (Phi) is 9.84. The lowest BCUT2D eigenvalue weighted by Gasteiger charge is -2.24. The zero-order chi connectivity index (χ0) is 17.3. The molecule has 0 saturated carbocycles. The SMILES string of the molecule is COC(=O)[C@@H](NC(=O)[C@H](CCSC)NC(=O)[C@H](C)N)C(C)C. The standard InChI is InChI=1S/C14H27N3O4S/c1-8(2)11(14(20)21-4)17-13(19)10(6-7-22-5)16-12(18)9(3)15/h8-11H,6-7,15H2,1-5H3,(H,16,18)(H,17,19)/t9-,10-,11-/m0/s1. The normalized spacial score (nSPS) is 14.9. The Morgan fingerprint density at radius 2 is 1.73 bits per heavy atom. The molecule has 0 spiro atoms. The summed E-state index contributed by atoms with van der Waals surface area (Å²) in [6.07, 6.45) is 2.37. The predicted molar refractivity (Wildman–Crippen MR) is 87.4 cm³/mol. The van der Waals surface area contributed by atoms with Crippen molar-refractivity contribution in [2.24, 2.45) is 11.7 Å². The van der Waals surface area contributed by atoms with E-state index in [9.17, 15) is 14.4 Å². The molecule has 7 nitrogen and oxygen atoms in total. The third-order valence-electron chi connectivity index (χ3n) is 3.08. The van der Waals surface area contributed by atoms with Gasteiger partial charge in [0.2, 0.25) is 11.8 Å². The molecule has 0 aliphatic heterocycles. The molecule has 0 aliphatic carbocycles. The molecule has 22 heavy (non-hydrogen) atoms. The van der Waals surface area contributed by atoms with Gasteiger partial charge in [0.05, 0.1) is 13.2 Å². The van der Waals surface area contributed by atoms with Gasteiger partial charge in [-0.3, -0.25) is 9.59 Å². The molecule has 0 unspecified atom stereocenters. The first-order valence-electron chi connectivity index (χ1n) is 7.17. The second kappa shape index (κ2) is 10.4. The summed E-state index contributed by atoms with van der Waals surface area (Å²) in [4.78, 5) is 35.8. The van der Waals surface area contributed by atoms with Crippen LogP contribution in [-0.2, 0) is 19.1 Å². The maximum Gasteiger partial charge on any atom is 0.328 e. The van der Waals surface area contributed by atoms with E-state index in [2.05, 4.69) is 15.4 Å². The van der Waals surface area contributed by atoms with Gasteiger partial charge in [-0.05, 0) is 31.3 Å². The first-order chi connectivity index (χ1) is 10.2. The fraction of sp³-hybridized carbons (Fsp3) is 0.786. The lowest BCUT2D eigenvalue weighted by atomic mass is 10.0. The van der Waals surface area contributed by atoms with Crippen molar-refractivity contribution in [2.75, 3.05) is 19.1 Å². The Bertz CT molecular complexity index is 388. The number of carbonyl (C=O) groups excluding carboxylic acids is 3. The molecule has 0 aliphatic rings. The van der Waals surface area contributed by atoms with E-state index in [1.54, 1.807) is 32.5 Å². The van der Waals surface area contributed by atoms with E-state index in [1.807, 2.05) is 6.26 Å². The third-order valence-corrected chi connectivity index (χ3v) is 3.72. The van der Waals surface area contributed by atoms with Crippen LogP contribution in [0.1, 0.15) is 27.2 Å². The summed E-state index contributed by atoms with van der Waals surface area (Å²) in [5.74, 6) is -0.748. The molecule has 3 atom stereocenters. The average molecular weight is 333 g/mol. The highest BCUT2D eigenvalue weighted by molar-refractivity contribution is 7.98. The molecule has 4 N–H and O–H groups in total. The molecule has 0 rings (SSSR count). The average Bonchev–Trinajstić information content (AvgIpc) is 2.47. The quantitative estimate of drug-likeness (QED) is 0.508. The highest BCUT2D eigenvalue weighted by atomic mass is 32.2. The monoisotopic (exact) mass is 333 g/mol. The molecule has 128 valence electrons. The summed E-state index contributed by atoms with van der Waals surface area (Å²) in [5.41, 5.74) is 5.51. The number of nitrogens with one attached hydrogen (secondary N) is 2. The van der Waals surface area contributed by atoms with Crippen molar-refractivity contribution >= 4 is 29.5 Å². The summed E-state index contributed by atoms with van der Waals surface area (Å²) in [6, 6.07) is -2.18. The van der Waals surface area contributed by atoms with Crippen molar-refractivity contribution in [1.29, 1.82) is 0 Å². The topological polar surface area (TPSA) is 111 Å². The van der Waals surface area contributed by atoms with Crippen LogP contribution in [0.2, 0.25) is 0 Å². The van der Waals surface area contributed by atoms with Crippen molar-refractivity contribution in [3.8, 4) is 0 Å². The second-order valence-electron chi connectivity index (χ2n) is 5.38. The van der Waals surface area contributed by atoms with Crippen molar-refractivity contribution in [3.63, 3.8) is 0 Å². The second-order valence-corrected chi connectivity index (χ2v) is 6.37. The van der Waals surface area contributed by atoms with Crippen LogP contribution >= 0.6 is 11.8 Å². The van der Waals surface area contributed by atoms with Gasteiger partial charge in [-0.2, -0.15) is 11.8 Å². The summed E-state index contributed by atoms with van der Waals surface area (Å²) in [6.45, 7) is 5.16. The number of esters is 1. The number of hydrogen-bond donors (Lipinski definition) is 3. The number of methoxy groups -OCH3 is 1. The van der Waals surface area contributed by atoms with Crippen LogP contribution in [-0.4, -0.2) is 55.0 Å². The van der Waals surface area contributed by atoms with Crippen LogP contribution in [0.3, 0.4) is 0 Å². The maximum atomic E-state index is 12.4. The van der Waals surface area contributed by atoms with Crippen LogP contribution in [0.5, 0.6) is 0 Å². The van der Waals surface area contributed by atoms with Crippen LogP contribution in [0, 0.1) is 5.92 Å². The smallest absolute Gasteiger partial charge is 0.328 e. The maximum absolute atomic E-state index is 12.4. The van der Waals surface area contributed by atoms with E-state index in [0.717, 1.165) is 0 Å². The van der Waals surface area contributed by atoms with Gasteiger partial charge in [0.25, 0.3) is 0 Å². The number of ether oxygens (including phenoxy) is 1. The van der Waals surface area contributed by atoms with Crippen molar-refractivity contribution in [1.82, 2.24) is 10.6 Å². The molecule has 0 fully saturated rings. The minimum absolute atomic E-state index is 0.123. The Balaban J connectivity index is 4.92. The lowest BCUT2D eigenvalue weighted by Crippen LogP contribution is -2.55. The number of nitrogens with two attached hydrogens (primary N) is 1. The number of thioether (sulfide) groups is 1. The Morgan fingerprint density at radius 3 is 2.14 bits per heavy atom. The van der Waals surface area contributed by atoms with Crippen LogP contribution < -0.4 is 16.4 Å². The summed E-state index contributed by atoms with van der Waals surface area (Å²) in [7, 11) is 1.27. The molecule has 0 bridgehead atoms. The van der Waals surface area contributed by atoms with Gasteiger partial charge in [0, 0.05) is 0 Å². The molecular weight excluding hydrogens is 306 g/mol. The van der Waals surface area contributed by atoms with Crippen molar-refractivity contribution in [2.45, 2.75) is 45.3 Å². The minimum Gasteiger partial charge on any atom is -0.467 e. The van der Waals surface area contributed by atoms with Crippen LogP contribution in [0.4, 0.5) is 0 Å². The molecule has 8 heteroatoms. The van der Waals surface area contributed by atoms with E-state index >= 15 is 0 Å². The Labute approximate surface area is 136 Å². The van der Waals surface area contributed by atoms with Gasteiger partial charge in [0.1, 0.15) is 12.1 Å². The number of hydrogen-bond acceptors (Lipinski definition) is 6. The fourth-order valence-electron chi connectivity index (χ4n) is 1.69. The zero-order valence-corrected chi connectivity index (χ0v) is 14.7. The number of rotatable bonds is 9. The minimum atomic E-state index is -0.749. The highest BCUT2D eigenvalue weighted by Gasteiger charge is 2.29. The number of amides is 2. The zero-order valence-electron chi connectivity index (χ0n) is 13.8. The predicted octanol–water partition coefficient (Wildman–Crippen LogP) is -0.115. The first-order valence-corrected chi connectivity index (χ1v) is 8.57. The third kappa shape index (κ3) is 7.13. The summed E-state index contributed by atoms with van der Waals surface area (Å²) < 4.78 is 4.69. The van der Waals surface area contributed by atoms with Gasteiger partial charge in [-0.25, -0.2) is 4.79 Å². The molecule has 2 amide bonds. The van der Waals surface area contributed by atoms with E-state index in [4.69, 9.17) is 5.73 Å². The first kappa shape index (κ1) is 20.7. The van der Waals surface area contributed by atoms with E-state index in [-0.39, 0.29) is 5.92 Å². The largest absolute Gasteiger partial charge is 0.467 e. The molecule has 0 radical (unpaired) electrons. The van der Waals surface area contributed by atoms with E-state index in [1.165, 1.54) is 7.11 Å². The molecule has 0 saturated heterocycles. The Morgan fingerprint density at radius 1 is 1.14 bits per heavy atom. The van der Waals surface area contributed by atoms with Crippen LogP contribution in [0.15, 0.2) is 0 Å². The van der Waals surface area contributed by atoms with Gasteiger partial charge in [-0.1, -0.05) is 13.8 Å². The van der Waals surface area contributed by atoms with E-state index < -0.39 is 35.9 Å². The van der Waals surface area contributed by atoms with Gasteiger partial charge in [0.15, 0.2) is 0 Å². The molecule has 0 aromatic rings. The van der Waals surface area contributed by atoms with Gasteiger partial charge < -0.3 is 21.1 Å². The molecule has 0 heterocycles. The van der Waals surface area contributed by atoms with Gasteiger partial charge in [-0.15, -0.1) is 0 Å². The van der Waals surface area contributed by atoms with Crippen LogP contribution in [0.25, 0.3) is 0 Å². The lowest BCUT2D eigenvalue weighted by molar-refractivity contribution is -0.146. The fourth-order valence-corrected chi connectivity index (χ4v) is 2.16. The van der Waals surface area contributed by atoms with Gasteiger partial charge >= 0.3 is 5.97 Å². The molecule has 0 aromatic heterocycles. The summed E-state index contributed by atoms with van der Waals surface area (Å²) in [5, 5.41) is 5.25.